The van der Waals surface area contributed by atoms with Crippen LogP contribution in [0.4, 0.5) is 4.79 Å². The van der Waals surface area contributed by atoms with Gasteiger partial charge in [-0.05, 0) is 24.6 Å². The third-order valence-electron chi connectivity index (χ3n) is 4.36. The van der Waals surface area contributed by atoms with E-state index in [-0.39, 0.29) is 37.4 Å². The van der Waals surface area contributed by atoms with Crippen LogP contribution in [0.1, 0.15) is 33.2 Å². The summed E-state index contributed by atoms with van der Waals surface area (Å²) >= 11 is 0. The second kappa shape index (κ2) is 10.1. The Morgan fingerprint density at radius 2 is 1.58 bits per heavy atom. The minimum Gasteiger partial charge on any atom is -0.465 e. The van der Waals surface area contributed by atoms with E-state index in [4.69, 9.17) is 9.47 Å². The van der Waals surface area contributed by atoms with E-state index in [0.717, 1.165) is 15.5 Å². The molecule has 0 spiro atoms. The van der Waals surface area contributed by atoms with E-state index < -0.39 is 23.9 Å². The molecule has 9 nitrogen and oxygen atoms in total. The molecule has 0 atom stereocenters. The maximum absolute atomic E-state index is 12.5. The zero-order valence-electron chi connectivity index (χ0n) is 16.9. The van der Waals surface area contributed by atoms with Crippen molar-refractivity contribution in [1.82, 2.24) is 9.91 Å². The molecule has 0 saturated heterocycles. The average Bonchev–Trinajstić information content (AvgIpc) is 3.02. The second-order valence-corrected chi connectivity index (χ2v) is 6.49. The van der Waals surface area contributed by atoms with Crippen LogP contribution in [-0.4, -0.2) is 59.7 Å². The lowest BCUT2D eigenvalue weighted by molar-refractivity contribution is -0.143. The summed E-state index contributed by atoms with van der Waals surface area (Å²) in [5.41, 5.74) is 1.30. The Kier molecular flexibility index (Phi) is 7.10. The number of hydrogen-bond acceptors (Lipinski definition) is 7. The van der Waals surface area contributed by atoms with Crippen molar-refractivity contribution in [3.63, 3.8) is 0 Å². The van der Waals surface area contributed by atoms with Crippen LogP contribution in [0.3, 0.4) is 0 Å². The molecule has 0 bridgehead atoms. The summed E-state index contributed by atoms with van der Waals surface area (Å²) in [6.07, 6.45) is 0.440. The molecule has 0 N–H and O–H groups in total. The van der Waals surface area contributed by atoms with Crippen LogP contribution >= 0.6 is 0 Å². The molecule has 0 saturated carbocycles. The number of carbonyl (C=O) groups is 4. The molecule has 0 aromatic heterocycles. The lowest BCUT2D eigenvalue weighted by atomic mass is 10.1. The van der Waals surface area contributed by atoms with Gasteiger partial charge in [0.2, 0.25) is 0 Å². The number of amides is 3. The van der Waals surface area contributed by atoms with E-state index in [1.54, 1.807) is 43.3 Å². The van der Waals surface area contributed by atoms with Crippen molar-refractivity contribution in [3.05, 3.63) is 71.3 Å². The monoisotopic (exact) mass is 423 g/mol. The molecule has 31 heavy (non-hydrogen) atoms. The summed E-state index contributed by atoms with van der Waals surface area (Å²) in [5, 5.41) is 4.63. The van der Waals surface area contributed by atoms with Crippen LogP contribution in [0.2, 0.25) is 0 Å². The summed E-state index contributed by atoms with van der Waals surface area (Å²) in [7, 11) is 0. The molecule has 0 unspecified atom stereocenters. The quantitative estimate of drug-likeness (QED) is 0.367. The minimum atomic E-state index is -0.759. The average molecular weight is 423 g/mol. The Morgan fingerprint density at radius 3 is 2.19 bits per heavy atom. The molecule has 0 aliphatic carbocycles. The zero-order chi connectivity index (χ0) is 22.2. The zero-order valence-corrected chi connectivity index (χ0v) is 16.9. The standard InChI is InChI=1S/C22H21N3O6/c1-2-30-19(26)14-24(22(29)31-15-16-8-4-3-5-9-16)13-12-23-25-20(27)17-10-6-7-11-18(17)21(25)28/h3-12H,2,13-15H2,1H3/b23-12-. The Bertz CT molecular complexity index is 970. The third-order valence-corrected chi connectivity index (χ3v) is 4.36. The number of benzene rings is 2. The fourth-order valence-electron chi connectivity index (χ4n) is 2.87. The highest BCUT2D eigenvalue weighted by Crippen LogP contribution is 2.22. The van der Waals surface area contributed by atoms with Crippen molar-refractivity contribution in [2.24, 2.45) is 5.10 Å². The first-order chi connectivity index (χ1) is 15.0. The first-order valence-electron chi connectivity index (χ1n) is 9.62. The van der Waals surface area contributed by atoms with Gasteiger partial charge in [-0.1, -0.05) is 42.5 Å². The van der Waals surface area contributed by atoms with Crippen molar-refractivity contribution in [3.8, 4) is 0 Å². The van der Waals surface area contributed by atoms with E-state index in [9.17, 15) is 19.2 Å². The van der Waals surface area contributed by atoms with E-state index in [0.29, 0.717) is 0 Å². The van der Waals surface area contributed by atoms with Gasteiger partial charge >= 0.3 is 12.1 Å². The van der Waals surface area contributed by atoms with Gasteiger partial charge in [-0.3, -0.25) is 19.3 Å². The molecule has 0 fully saturated rings. The molecule has 1 aliphatic heterocycles. The topological polar surface area (TPSA) is 106 Å². The number of fused-ring (bicyclic) bond motifs is 1. The normalized spacial score (nSPS) is 12.7. The van der Waals surface area contributed by atoms with Crippen molar-refractivity contribution in [2.45, 2.75) is 13.5 Å². The molecule has 2 aromatic carbocycles. The van der Waals surface area contributed by atoms with E-state index in [2.05, 4.69) is 5.10 Å². The van der Waals surface area contributed by atoms with Crippen LogP contribution in [0.25, 0.3) is 0 Å². The number of ether oxygens (including phenoxy) is 2. The van der Waals surface area contributed by atoms with E-state index >= 15 is 0 Å². The van der Waals surface area contributed by atoms with E-state index in [1.165, 1.54) is 6.21 Å². The Balaban J connectivity index is 1.65. The summed E-state index contributed by atoms with van der Waals surface area (Å²) in [5.74, 6) is -1.73. The maximum Gasteiger partial charge on any atom is 0.410 e. The van der Waals surface area contributed by atoms with Crippen molar-refractivity contribution in [2.75, 3.05) is 19.7 Å². The highest BCUT2D eigenvalue weighted by Gasteiger charge is 2.35. The molecule has 3 amide bonds. The predicted molar refractivity (Wildman–Crippen MR) is 110 cm³/mol. The Hall–Kier alpha value is -4.01. The number of hydrogen-bond donors (Lipinski definition) is 0. The third kappa shape index (κ3) is 5.33. The van der Waals surface area contributed by atoms with Crippen molar-refractivity contribution in [1.29, 1.82) is 0 Å². The predicted octanol–water partition coefficient (Wildman–Crippen LogP) is 2.47. The van der Waals surface area contributed by atoms with Gasteiger partial charge in [0.05, 0.1) is 24.3 Å². The van der Waals surface area contributed by atoms with Crippen LogP contribution in [-0.2, 0) is 20.9 Å². The lowest BCUT2D eigenvalue weighted by Gasteiger charge is -2.19. The number of hydrazone groups is 1. The van der Waals surface area contributed by atoms with Crippen LogP contribution in [0.15, 0.2) is 59.7 Å². The maximum atomic E-state index is 12.5. The van der Waals surface area contributed by atoms with Gasteiger partial charge in [0.25, 0.3) is 11.8 Å². The lowest BCUT2D eigenvalue weighted by Crippen LogP contribution is -2.38. The van der Waals surface area contributed by atoms with Crippen LogP contribution in [0, 0.1) is 0 Å². The summed E-state index contributed by atoms with van der Waals surface area (Å²) < 4.78 is 10.1. The second-order valence-electron chi connectivity index (χ2n) is 6.49. The fraction of sp³-hybridized carbons (Fsp3) is 0.227. The van der Waals surface area contributed by atoms with Gasteiger partial charge in [-0.15, -0.1) is 0 Å². The Labute approximate surface area is 178 Å². The van der Waals surface area contributed by atoms with Crippen LogP contribution in [0.5, 0.6) is 0 Å². The molecular formula is C22H21N3O6. The number of carbonyl (C=O) groups excluding carboxylic acids is 4. The Morgan fingerprint density at radius 1 is 0.968 bits per heavy atom. The SMILES string of the molecule is CCOC(=O)CN(C/C=N\N1C(=O)c2ccccc2C1=O)C(=O)OCc1ccccc1. The highest BCUT2D eigenvalue weighted by atomic mass is 16.6. The summed E-state index contributed by atoms with van der Waals surface area (Å²) in [6, 6.07) is 15.5. The highest BCUT2D eigenvalue weighted by molar-refractivity contribution is 6.21. The van der Waals surface area contributed by atoms with Gasteiger partial charge in [0.1, 0.15) is 13.2 Å². The molecule has 9 heteroatoms. The molecule has 2 aromatic rings. The number of nitrogens with zero attached hydrogens (tertiary/aromatic N) is 3. The summed E-state index contributed by atoms with van der Waals surface area (Å²) in [4.78, 5) is 50.1. The van der Waals surface area contributed by atoms with Gasteiger partial charge in [0.15, 0.2) is 0 Å². The molecule has 3 rings (SSSR count). The first kappa shape index (κ1) is 21.7. The van der Waals surface area contributed by atoms with Crippen LogP contribution < -0.4 is 0 Å². The summed E-state index contributed by atoms with van der Waals surface area (Å²) in [6.45, 7) is 1.30. The molecule has 1 heterocycles. The van der Waals surface area contributed by atoms with E-state index in [1.807, 2.05) is 18.2 Å². The fourth-order valence-corrected chi connectivity index (χ4v) is 2.87. The molecule has 160 valence electrons. The molecular weight excluding hydrogens is 402 g/mol. The van der Waals surface area contributed by atoms with Crippen molar-refractivity contribution < 1.29 is 28.7 Å². The molecule has 0 radical (unpaired) electrons. The number of imide groups is 1. The minimum absolute atomic E-state index is 0.0224. The van der Waals surface area contributed by atoms with Crippen molar-refractivity contribution >= 4 is 30.1 Å². The van der Waals surface area contributed by atoms with Gasteiger partial charge in [-0.2, -0.15) is 10.1 Å². The first-order valence-corrected chi connectivity index (χ1v) is 9.62. The number of esters is 1. The van der Waals surface area contributed by atoms with Gasteiger partial charge in [0, 0.05) is 6.21 Å². The smallest absolute Gasteiger partial charge is 0.410 e. The largest absolute Gasteiger partial charge is 0.465 e. The van der Waals surface area contributed by atoms with Gasteiger partial charge < -0.3 is 9.47 Å². The number of rotatable bonds is 8. The molecule has 1 aliphatic rings. The van der Waals surface area contributed by atoms with Gasteiger partial charge in [-0.25, -0.2) is 4.79 Å².